The van der Waals surface area contributed by atoms with Crippen LogP contribution in [0.3, 0.4) is 0 Å². The van der Waals surface area contributed by atoms with Gasteiger partial charge in [-0.1, -0.05) is 54.1 Å². The molecule has 2 rings (SSSR count). The van der Waals surface area contributed by atoms with Crippen molar-refractivity contribution in [2.24, 2.45) is 0 Å². The Kier molecular flexibility index (Phi) is 6.82. The van der Waals surface area contributed by atoms with Crippen molar-refractivity contribution in [3.8, 4) is 0 Å². The van der Waals surface area contributed by atoms with Crippen LogP contribution in [0.2, 0.25) is 5.02 Å². The molecule has 126 valence electrons. The number of amides is 2. The van der Waals surface area contributed by atoms with Gasteiger partial charge in [0.25, 0.3) is 0 Å². The summed E-state index contributed by atoms with van der Waals surface area (Å²) < 4.78 is 0. The number of rotatable bonds is 7. The zero-order valence-electron chi connectivity index (χ0n) is 13.7. The highest BCUT2D eigenvalue weighted by molar-refractivity contribution is 6.30. The van der Waals surface area contributed by atoms with E-state index in [0.717, 1.165) is 11.1 Å². The van der Waals surface area contributed by atoms with Gasteiger partial charge in [-0.25, -0.2) is 0 Å². The molecule has 0 spiro atoms. The average Bonchev–Trinajstić information content (AvgIpc) is 2.60. The van der Waals surface area contributed by atoms with Crippen molar-refractivity contribution in [1.82, 2.24) is 10.2 Å². The quantitative estimate of drug-likeness (QED) is 0.839. The Balaban J connectivity index is 1.82. The molecule has 2 amide bonds. The van der Waals surface area contributed by atoms with E-state index >= 15 is 0 Å². The number of carbonyl (C=O) groups excluding carboxylic acids is 2. The van der Waals surface area contributed by atoms with Crippen LogP contribution in [0, 0.1) is 0 Å². The third kappa shape index (κ3) is 5.70. The van der Waals surface area contributed by atoms with Gasteiger partial charge in [0.05, 0.1) is 13.0 Å². The number of hydrogen-bond acceptors (Lipinski definition) is 2. The number of hydrogen-bond donors (Lipinski definition) is 1. The molecule has 0 aliphatic rings. The Bertz CT molecular complexity index is 672. The van der Waals surface area contributed by atoms with Crippen LogP contribution in [0.5, 0.6) is 0 Å². The van der Waals surface area contributed by atoms with Gasteiger partial charge in [0.15, 0.2) is 0 Å². The van der Waals surface area contributed by atoms with Crippen molar-refractivity contribution >= 4 is 23.4 Å². The zero-order chi connectivity index (χ0) is 17.4. The number of nitrogens with one attached hydrogen (secondary N) is 1. The first kappa shape index (κ1) is 18.0. The fourth-order valence-electron chi connectivity index (χ4n) is 2.32. The molecule has 1 N–H and O–H groups in total. The molecule has 0 heterocycles. The summed E-state index contributed by atoms with van der Waals surface area (Å²) in [5, 5.41) is 3.32. The first-order chi connectivity index (χ1) is 11.6. The molecule has 24 heavy (non-hydrogen) atoms. The lowest BCUT2D eigenvalue weighted by Gasteiger charge is -2.21. The Hall–Kier alpha value is -2.33. The van der Waals surface area contributed by atoms with Gasteiger partial charge in [0.1, 0.15) is 0 Å². The lowest BCUT2D eigenvalue weighted by Crippen LogP contribution is -2.40. The second-order valence-electron chi connectivity index (χ2n) is 5.47. The van der Waals surface area contributed by atoms with Crippen LogP contribution in [0.1, 0.15) is 18.1 Å². The molecule has 4 nitrogen and oxygen atoms in total. The van der Waals surface area contributed by atoms with Gasteiger partial charge in [-0.05, 0) is 30.2 Å². The minimum atomic E-state index is -0.179. The summed E-state index contributed by atoms with van der Waals surface area (Å²) in [5.74, 6) is -0.271. The lowest BCUT2D eigenvalue weighted by molar-refractivity contribution is -0.133. The number of nitrogens with zero attached hydrogens (tertiary/aromatic N) is 1. The molecule has 0 saturated carbocycles. The fraction of sp³-hybridized carbons (Fsp3) is 0.263. The number of halogens is 1. The van der Waals surface area contributed by atoms with Crippen LogP contribution in [0.15, 0.2) is 54.6 Å². The summed E-state index contributed by atoms with van der Waals surface area (Å²) in [7, 11) is 0. The highest BCUT2D eigenvalue weighted by Crippen LogP contribution is 2.10. The molecule has 2 aromatic rings. The van der Waals surface area contributed by atoms with Crippen LogP contribution in [0.4, 0.5) is 0 Å². The molecule has 0 saturated heterocycles. The summed E-state index contributed by atoms with van der Waals surface area (Å²) in [6.07, 6.45) is 0.231. The standard InChI is InChI=1S/C19H21ClN2O2/c1-2-22(14-16-6-4-3-5-7-16)19(24)13-21-18(23)12-15-8-10-17(20)11-9-15/h3-11H,2,12-14H2,1H3,(H,21,23). The van der Waals surface area contributed by atoms with Crippen molar-refractivity contribution in [2.45, 2.75) is 19.9 Å². The highest BCUT2D eigenvalue weighted by atomic mass is 35.5. The topological polar surface area (TPSA) is 49.4 Å². The predicted molar refractivity (Wildman–Crippen MR) is 95.7 cm³/mol. The van der Waals surface area contributed by atoms with E-state index in [-0.39, 0.29) is 24.8 Å². The Morgan fingerprint density at radius 2 is 1.67 bits per heavy atom. The maximum absolute atomic E-state index is 12.3. The third-order valence-electron chi connectivity index (χ3n) is 3.67. The minimum absolute atomic E-state index is 0.00704. The fourth-order valence-corrected chi connectivity index (χ4v) is 2.44. The van der Waals surface area contributed by atoms with E-state index in [4.69, 9.17) is 11.6 Å². The van der Waals surface area contributed by atoms with Crippen molar-refractivity contribution in [2.75, 3.05) is 13.1 Å². The summed E-state index contributed by atoms with van der Waals surface area (Å²) in [5.41, 5.74) is 1.93. The molecule has 2 aromatic carbocycles. The maximum atomic E-state index is 12.3. The predicted octanol–water partition coefficient (Wildman–Crippen LogP) is 3.05. The molecule has 0 fully saturated rings. The monoisotopic (exact) mass is 344 g/mol. The first-order valence-corrected chi connectivity index (χ1v) is 8.29. The van der Waals surface area contributed by atoms with Gasteiger partial charge < -0.3 is 10.2 Å². The van der Waals surface area contributed by atoms with Gasteiger partial charge >= 0.3 is 0 Å². The molecule has 0 aliphatic carbocycles. The van der Waals surface area contributed by atoms with Gasteiger partial charge in [-0.2, -0.15) is 0 Å². The van der Waals surface area contributed by atoms with Crippen molar-refractivity contribution in [3.05, 3.63) is 70.7 Å². The summed E-state index contributed by atoms with van der Waals surface area (Å²) >= 11 is 5.82. The second kappa shape index (κ2) is 9.08. The Morgan fingerprint density at radius 1 is 1.00 bits per heavy atom. The van der Waals surface area contributed by atoms with Crippen LogP contribution in [-0.4, -0.2) is 29.8 Å². The number of likely N-dealkylation sites (N-methyl/N-ethyl adjacent to an activating group) is 1. The van der Waals surface area contributed by atoms with Crippen molar-refractivity contribution in [3.63, 3.8) is 0 Å². The van der Waals surface area contributed by atoms with Gasteiger partial charge in [-0.15, -0.1) is 0 Å². The smallest absolute Gasteiger partial charge is 0.242 e. The Labute approximate surface area is 147 Å². The molecule has 0 radical (unpaired) electrons. The largest absolute Gasteiger partial charge is 0.347 e. The summed E-state index contributed by atoms with van der Waals surface area (Å²) in [4.78, 5) is 26.0. The minimum Gasteiger partial charge on any atom is -0.347 e. The van der Waals surface area contributed by atoms with E-state index in [1.54, 1.807) is 29.2 Å². The SMILES string of the molecule is CCN(Cc1ccccc1)C(=O)CNC(=O)Cc1ccc(Cl)cc1. The lowest BCUT2D eigenvalue weighted by atomic mass is 10.1. The molecular weight excluding hydrogens is 324 g/mol. The molecule has 5 heteroatoms. The molecule has 0 bridgehead atoms. The van der Waals surface area contributed by atoms with E-state index in [9.17, 15) is 9.59 Å². The Morgan fingerprint density at radius 3 is 2.29 bits per heavy atom. The van der Waals surface area contributed by atoms with Gasteiger partial charge in [-0.3, -0.25) is 9.59 Å². The zero-order valence-corrected chi connectivity index (χ0v) is 14.4. The van der Waals surface area contributed by atoms with Crippen LogP contribution in [0.25, 0.3) is 0 Å². The molecule has 0 aromatic heterocycles. The van der Waals surface area contributed by atoms with Gasteiger partial charge in [0, 0.05) is 18.1 Å². The third-order valence-corrected chi connectivity index (χ3v) is 3.92. The van der Waals surface area contributed by atoms with Crippen molar-refractivity contribution < 1.29 is 9.59 Å². The second-order valence-corrected chi connectivity index (χ2v) is 5.91. The maximum Gasteiger partial charge on any atom is 0.242 e. The van der Waals surface area contributed by atoms with E-state index < -0.39 is 0 Å². The molecule has 0 atom stereocenters. The normalized spacial score (nSPS) is 10.2. The summed E-state index contributed by atoms with van der Waals surface area (Å²) in [6, 6.07) is 16.9. The number of carbonyl (C=O) groups is 2. The van der Waals surface area contributed by atoms with Crippen LogP contribution >= 0.6 is 11.6 Å². The van der Waals surface area contributed by atoms with E-state index in [2.05, 4.69) is 5.32 Å². The van der Waals surface area contributed by atoms with Gasteiger partial charge in [0.2, 0.25) is 11.8 Å². The van der Waals surface area contributed by atoms with E-state index in [1.807, 2.05) is 37.3 Å². The molecular formula is C19H21ClN2O2. The molecule has 0 aliphatic heterocycles. The van der Waals surface area contributed by atoms with E-state index in [1.165, 1.54) is 0 Å². The highest BCUT2D eigenvalue weighted by Gasteiger charge is 2.13. The number of benzene rings is 2. The first-order valence-electron chi connectivity index (χ1n) is 7.91. The van der Waals surface area contributed by atoms with Crippen LogP contribution < -0.4 is 5.32 Å². The average molecular weight is 345 g/mol. The van der Waals surface area contributed by atoms with E-state index in [0.29, 0.717) is 18.1 Å². The van der Waals surface area contributed by atoms with Crippen LogP contribution in [-0.2, 0) is 22.6 Å². The summed E-state index contributed by atoms with van der Waals surface area (Å²) in [6.45, 7) is 3.08. The molecule has 0 unspecified atom stereocenters. The van der Waals surface area contributed by atoms with Crippen molar-refractivity contribution in [1.29, 1.82) is 0 Å².